The summed E-state index contributed by atoms with van der Waals surface area (Å²) in [5.74, 6) is 0.984. The first-order chi connectivity index (χ1) is 7.61. The highest BCUT2D eigenvalue weighted by atomic mass is 16.5. The molecule has 0 saturated carbocycles. The van der Waals surface area contributed by atoms with E-state index in [0.29, 0.717) is 0 Å². The summed E-state index contributed by atoms with van der Waals surface area (Å²) in [4.78, 5) is 0. The van der Waals surface area contributed by atoms with Gasteiger partial charge < -0.3 is 9.84 Å². The number of hydrogen-bond donors (Lipinski definition) is 2. The zero-order valence-electron chi connectivity index (χ0n) is 10.6. The molecule has 0 radical (unpaired) electrons. The molecule has 0 saturated heterocycles. The van der Waals surface area contributed by atoms with Gasteiger partial charge in [0.1, 0.15) is 5.75 Å². The van der Waals surface area contributed by atoms with Crippen LogP contribution >= 0.6 is 0 Å². The van der Waals surface area contributed by atoms with E-state index in [0.717, 1.165) is 18.7 Å². The fourth-order valence-electron chi connectivity index (χ4n) is 1.98. The lowest BCUT2D eigenvalue weighted by molar-refractivity contribution is 0.261. The molecule has 16 heavy (non-hydrogen) atoms. The quantitative estimate of drug-likeness (QED) is 0.590. The number of hydrogen-bond acceptors (Lipinski definition) is 3. The zero-order chi connectivity index (χ0) is 12.1. The van der Waals surface area contributed by atoms with Crippen LogP contribution in [0.3, 0.4) is 0 Å². The lowest BCUT2D eigenvalue weighted by atomic mass is 9.97. The summed E-state index contributed by atoms with van der Waals surface area (Å²) in [7, 11) is 1.71. The third-order valence-corrected chi connectivity index (χ3v) is 2.98. The van der Waals surface area contributed by atoms with Gasteiger partial charge >= 0.3 is 0 Å². The van der Waals surface area contributed by atoms with Crippen LogP contribution in [0.1, 0.15) is 22.3 Å². The molecule has 0 bridgehead atoms. The van der Waals surface area contributed by atoms with Crippen molar-refractivity contribution in [2.75, 3.05) is 20.4 Å². The second-order valence-corrected chi connectivity index (χ2v) is 4.06. The van der Waals surface area contributed by atoms with Gasteiger partial charge in [-0.15, -0.1) is 0 Å². The normalized spacial score (nSPS) is 10.6. The van der Waals surface area contributed by atoms with Gasteiger partial charge in [0.2, 0.25) is 0 Å². The Morgan fingerprint density at radius 1 is 1.25 bits per heavy atom. The summed E-state index contributed by atoms with van der Waals surface area (Å²) in [6.07, 6.45) is 0.872. The Labute approximate surface area is 97.4 Å². The number of aliphatic hydroxyl groups is 1. The number of nitrogens with one attached hydrogen (secondary N) is 1. The van der Waals surface area contributed by atoms with E-state index in [2.05, 4.69) is 32.2 Å². The molecule has 3 heteroatoms. The first kappa shape index (κ1) is 13.0. The molecule has 1 aromatic rings. The molecule has 0 spiro atoms. The highest BCUT2D eigenvalue weighted by Gasteiger charge is 2.11. The van der Waals surface area contributed by atoms with Crippen LogP contribution in [-0.2, 0) is 6.42 Å². The van der Waals surface area contributed by atoms with Crippen LogP contribution < -0.4 is 10.1 Å². The third kappa shape index (κ3) is 2.74. The van der Waals surface area contributed by atoms with E-state index < -0.39 is 0 Å². The minimum Gasteiger partial charge on any atom is -0.496 e. The smallest absolute Gasteiger partial charge is 0.125 e. The molecule has 3 nitrogen and oxygen atoms in total. The summed E-state index contributed by atoms with van der Waals surface area (Å²) in [6.45, 7) is 7.06. The van der Waals surface area contributed by atoms with Gasteiger partial charge in [0.15, 0.2) is 0 Å². The van der Waals surface area contributed by atoms with E-state index in [4.69, 9.17) is 9.84 Å². The molecule has 90 valence electrons. The summed E-state index contributed by atoms with van der Waals surface area (Å²) in [5.41, 5.74) is 4.94. The van der Waals surface area contributed by atoms with Gasteiger partial charge in [0, 0.05) is 6.54 Å². The van der Waals surface area contributed by atoms with Gasteiger partial charge in [-0.05, 0) is 49.4 Å². The van der Waals surface area contributed by atoms with E-state index in [1.165, 1.54) is 22.3 Å². The molecule has 0 unspecified atom stereocenters. The molecule has 0 heterocycles. The third-order valence-electron chi connectivity index (χ3n) is 2.98. The average molecular weight is 223 g/mol. The van der Waals surface area contributed by atoms with Crippen LogP contribution in [0.25, 0.3) is 0 Å². The van der Waals surface area contributed by atoms with E-state index in [9.17, 15) is 0 Å². The molecule has 1 aromatic carbocycles. The van der Waals surface area contributed by atoms with Crippen LogP contribution in [0.2, 0.25) is 0 Å². The minimum atomic E-state index is 0.0200. The Kier molecular flexibility index (Phi) is 4.77. The summed E-state index contributed by atoms with van der Waals surface area (Å²) in [5, 5.41) is 11.6. The van der Waals surface area contributed by atoms with Crippen molar-refractivity contribution in [3.05, 3.63) is 28.3 Å². The molecule has 0 aromatic heterocycles. The first-order valence-electron chi connectivity index (χ1n) is 5.57. The van der Waals surface area contributed by atoms with Gasteiger partial charge in [-0.3, -0.25) is 5.32 Å². The van der Waals surface area contributed by atoms with Crippen LogP contribution in [0.4, 0.5) is 0 Å². The van der Waals surface area contributed by atoms with Crippen molar-refractivity contribution in [1.29, 1.82) is 0 Å². The second kappa shape index (κ2) is 5.87. The molecular formula is C13H21NO2. The zero-order valence-corrected chi connectivity index (χ0v) is 10.6. The molecule has 0 fully saturated rings. The molecule has 1 rings (SSSR count). The number of methoxy groups -OCH3 is 1. The molecule has 0 amide bonds. The van der Waals surface area contributed by atoms with Crippen molar-refractivity contribution < 1.29 is 9.84 Å². The number of aryl methyl sites for hydroxylation is 2. The van der Waals surface area contributed by atoms with Crippen molar-refractivity contribution >= 4 is 0 Å². The fraction of sp³-hybridized carbons (Fsp3) is 0.538. The maximum Gasteiger partial charge on any atom is 0.125 e. The minimum absolute atomic E-state index is 0.0200. The summed E-state index contributed by atoms with van der Waals surface area (Å²) < 4.78 is 5.48. The summed E-state index contributed by atoms with van der Waals surface area (Å²) in [6, 6.07) is 2.19. The van der Waals surface area contributed by atoms with Gasteiger partial charge in [0.05, 0.1) is 13.8 Å². The largest absolute Gasteiger partial charge is 0.496 e. The van der Waals surface area contributed by atoms with Gasteiger partial charge in [0.25, 0.3) is 0 Å². The number of ether oxygens (including phenoxy) is 1. The Morgan fingerprint density at radius 3 is 2.50 bits per heavy atom. The number of benzene rings is 1. The molecule has 0 aliphatic carbocycles. The van der Waals surface area contributed by atoms with E-state index in [1.807, 2.05) is 0 Å². The highest BCUT2D eigenvalue weighted by Crippen LogP contribution is 2.29. The summed E-state index contributed by atoms with van der Waals surface area (Å²) >= 11 is 0. The van der Waals surface area contributed by atoms with Crippen LogP contribution in [-0.4, -0.2) is 25.5 Å². The Morgan fingerprint density at radius 2 is 1.94 bits per heavy atom. The van der Waals surface area contributed by atoms with Crippen molar-refractivity contribution in [1.82, 2.24) is 5.32 Å². The number of aliphatic hydroxyl groups excluding tert-OH is 1. The van der Waals surface area contributed by atoms with Crippen molar-refractivity contribution in [3.63, 3.8) is 0 Å². The SMILES string of the molecule is COc1c(C)c(C)cc(C)c1CCNCO. The second-order valence-electron chi connectivity index (χ2n) is 4.06. The standard InChI is InChI=1S/C13H21NO2/c1-9-7-10(2)12(5-6-14-8-15)13(16-4)11(9)3/h7,14-15H,5-6,8H2,1-4H3. The van der Waals surface area contributed by atoms with Crippen molar-refractivity contribution in [3.8, 4) is 5.75 Å². The Bertz CT molecular complexity index is 361. The van der Waals surface area contributed by atoms with Gasteiger partial charge in [-0.1, -0.05) is 6.07 Å². The molecular weight excluding hydrogens is 202 g/mol. The van der Waals surface area contributed by atoms with E-state index >= 15 is 0 Å². The topological polar surface area (TPSA) is 41.5 Å². The van der Waals surface area contributed by atoms with Crippen LogP contribution in [0, 0.1) is 20.8 Å². The maximum absolute atomic E-state index is 8.70. The molecule has 0 aliphatic rings. The van der Waals surface area contributed by atoms with E-state index in [1.54, 1.807) is 7.11 Å². The molecule has 0 aliphatic heterocycles. The highest BCUT2D eigenvalue weighted by molar-refractivity contribution is 5.49. The maximum atomic E-state index is 8.70. The predicted octanol–water partition coefficient (Wildman–Crippen LogP) is 1.70. The number of rotatable bonds is 5. The lowest BCUT2D eigenvalue weighted by Crippen LogP contribution is -2.18. The fourth-order valence-corrected chi connectivity index (χ4v) is 1.98. The molecule has 2 N–H and O–H groups in total. The predicted molar refractivity (Wildman–Crippen MR) is 66.0 cm³/mol. The van der Waals surface area contributed by atoms with Crippen LogP contribution in [0.15, 0.2) is 6.07 Å². The first-order valence-corrected chi connectivity index (χ1v) is 5.57. The Balaban J connectivity index is 3.01. The lowest BCUT2D eigenvalue weighted by Gasteiger charge is -2.16. The monoisotopic (exact) mass is 223 g/mol. The van der Waals surface area contributed by atoms with Crippen molar-refractivity contribution in [2.45, 2.75) is 27.2 Å². The Hall–Kier alpha value is -1.06. The van der Waals surface area contributed by atoms with E-state index in [-0.39, 0.29) is 6.73 Å². The molecule has 0 atom stereocenters. The van der Waals surface area contributed by atoms with Crippen molar-refractivity contribution in [2.24, 2.45) is 0 Å². The van der Waals surface area contributed by atoms with Gasteiger partial charge in [-0.2, -0.15) is 0 Å². The van der Waals surface area contributed by atoms with Gasteiger partial charge in [-0.25, -0.2) is 0 Å². The average Bonchev–Trinajstić information content (AvgIpc) is 2.26. The van der Waals surface area contributed by atoms with Crippen LogP contribution in [0.5, 0.6) is 5.75 Å².